The number of aromatic nitrogens is 2. The number of benzene rings is 1. The predicted octanol–water partition coefficient (Wildman–Crippen LogP) is 3.21. The molecule has 26 heavy (non-hydrogen) atoms. The second kappa shape index (κ2) is 7.03. The number of carbonyl (C=O) groups is 1. The largest absolute Gasteiger partial charge is 0.281 e. The van der Waals surface area contributed by atoms with Crippen LogP contribution in [0.1, 0.15) is 41.6 Å². The van der Waals surface area contributed by atoms with Crippen molar-refractivity contribution in [1.82, 2.24) is 9.66 Å². The Morgan fingerprint density at radius 3 is 2.77 bits per heavy atom. The van der Waals surface area contributed by atoms with Crippen molar-refractivity contribution in [2.75, 3.05) is 5.43 Å². The van der Waals surface area contributed by atoms with Gasteiger partial charge in [-0.1, -0.05) is 37.3 Å². The third-order valence-corrected chi connectivity index (χ3v) is 6.00. The van der Waals surface area contributed by atoms with Crippen LogP contribution < -0.4 is 11.0 Å². The Morgan fingerprint density at radius 1 is 1.23 bits per heavy atom. The first-order valence-electron chi connectivity index (χ1n) is 9.07. The first kappa shape index (κ1) is 17.0. The molecule has 1 aliphatic rings. The molecule has 1 aromatic carbocycles. The molecule has 0 aliphatic heterocycles. The quantitative estimate of drug-likeness (QED) is 0.770. The summed E-state index contributed by atoms with van der Waals surface area (Å²) in [6, 6.07) is 9.52. The van der Waals surface area contributed by atoms with Gasteiger partial charge in [0.15, 0.2) is 0 Å². The minimum absolute atomic E-state index is 0.146. The van der Waals surface area contributed by atoms with Crippen LogP contribution in [0.25, 0.3) is 10.2 Å². The fraction of sp³-hybridized carbons (Fsp3) is 0.350. The van der Waals surface area contributed by atoms with Crippen LogP contribution in [0.3, 0.4) is 0 Å². The van der Waals surface area contributed by atoms with Gasteiger partial charge in [-0.3, -0.25) is 15.0 Å². The molecular weight excluding hydrogens is 346 g/mol. The van der Waals surface area contributed by atoms with Gasteiger partial charge in [0.2, 0.25) is 5.91 Å². The molecule has 3 aromatic rings. The second-order valence-electron chi connectivity index (χ2n) is 6.61. The van der Waals surface area contributed by atoms with Gasteiger partial charge < -0.3 is 0 Å². The fourth-order valence-electron chi connectivity index (χ4n) is 3.54. The molecule has 1 amide bonds. The lowest BCUT2D eigenvalue weighted by atomic mass is 9.97. The number of hydrogen-bond donors (Lipinski definition) is 1. The Balaban J connectivity index is 1.73. The van der Waals surface area contributed by atoms with Crippen LogP contribution in [0.2, 0.25) is 0 Å². The zero-order valence-corrected chi connectivity index (χ0v) is 15.6. The second-order valence-corrected chi connectivity index (χ2v) is 7.69. The van der Waals surface area contributed by atoms with Gasteiger partial charge in [0.05, 0.1) is 11.8 Å². The van der Waals surface area contributed by atoms with Crippen molar-refractivity contribution in [2.24, 2.45) is 0 Å². The number of nitrogens with zero attached hydrogens (tertiary/aromatic N) is 2. The van der Waals surface area contributed by atoms with Gasteiger partial charge in [-0.25, -0.2) is 9.66 Å². The Hall–Kier alpha value is -2.47. The molecule has 6 heteroatoms. The highest BCUT2D eigenvalue weighted by Gasteiger charge is 2.22. The number of nitrogens with one attached hydrogen (secondary N) is 1. The Morgan fingerprint density at radius 2 is 2.00 bits per heavy atom. The molecule has 0 atom stereocenters. The molecular formula is C20H21N3O2S. The average molecular weight is 367 g/mol. The summed E-state index contributed by atoms with van der Waals surface area (Å²) >= 11 is 1.64. The highest BCUT2D eigenvalue weighted by atomic mass is 32.1. The van der Waals surface area contributed by atoms with Gasteiger partial charge in [-0.05, 0) is 36.8 Å². The van der Waals surface area contributed by atoms with Gasteiger partial charge >= 0.3 is 0 Å². The monoisotopic (exact) mass is 367 g/mol. The van der Waals surface area contributed by atoms with E-state index in [1.807, 2.05) is 37.3 Å². The summed E-state index contributed by atoms with van der Waals surface area (Å²) in [5.74, 6) is 0.390. The number of hydrogen-bond acceptors (Lipinski definition) is 4. The van der Waals surface area contributed by atoms with Crippen molar-refractivity contribution in [3.8, 4) is 0 Å². The normalized spacial score (nSPS) is 13.6. The molecule has 2 heterocycles. The SMILES string of the molecule is CCc1nc2sc3c(c2c(=O)n1NC(=O)Cc1ccccc1)CCCC3. The van der Waals surface area contributed by atoms with Crippen LogP contribution >= 0.6 is 11.3 Å². The molecule has 0 spiro atoms. The summed E-state index contributed by atoms with van der Waals surface area (Å²) in [7, 11) is 0. The van der Waals surface area contributed by atoms with E-state index in [9.17, 15) is 9.59 Å². The minimum atomic E-state index is -0.210. The summed E-state index contributed by atoms with van der Waals surface area (Å²) in [6.07, 6.45) is 5.04. The third-order valence-electron chi connectivity index (χ3n) is 4.82. The molecule has 134 valence electrons. The maximum atomic E-state index is 13.1. The van der Waals surface area contributed by atoms with Gasteiger partial charge in [0.1, 0.15) is 10.7 Å². The van der Waals surface area contributed by atoms with Crippen LogP contribution in [0.4, 0.5) is 0 Å². The highest BCUT2D eigenvalue weighted by molar-refractivity contribution is 7.18. The number of amides is 1. The molecule has 0 fully saturated rings. The number of carbonyl (C=O) groups excluding carboxylic acids is 1. The van der Waals surface area contributed by atoms with Crippen LogP contribution in [0.15, 0.2) is 35.1 Å². The highest BCUT2D eigenvalue weighted by Crippen LogP contribution is 2.33. The maximum absolute atomic E-state index is 13.1. The first-order chi connectivity index (χ1) is 12.7. The molecule has 0 bridgehead atoms. The van der Waals surface area contributed by atoms with Crippen LogP contribution in [-0.4, -0.2) is 15.6 Å². The van der Waals surface area contributed by atoms with E-state index in [2.05, 4.69) is 10.4 Å². The van der Waals surface area contributed by atoms with Crippen molar-refractivity contribution < 1.29 is 4.79 Å². The molecule has 0 radical (unpaired) electrons. The van der Waals surface area contributed by atoms with Crippen LogP contribution in [0.5, 0.6) is 0 Å². The number of thiophene rings is 1. The van der Waals surface area contributed by atoms with Gasteiger partial charge in [0.25, 0.3) is 5.56 Å². The zero-order chi connectivity index (χ0) is 18.1. The zero-order valence-electron chi connectivity index (χ0n) is 14.7. The van der Waals surface area contributed by atoms with Gasteiger partial charge in [0, 0.05) is 11.3 Å². The smallest absolute Gasteiger partial charge is 0.273 e. The van der Waals surface area contributed by atoms with E-state index < -0.39 is 0 Å². The lowest BCUT2D eigenvalue weighted by molar-refractivity contribution is -0.116. The standard InChI is InChI=1S/C20H21N3O2S/c1-2-16-21-19-18(14-10-6-7-11-15(14)26-19)20(25)23(16)22-17(24)12-13-8-4-3-5-9-13/h3-5,8-9H,2,6-7,10-12H2,1H3,(H,22,24). The Labute approximate surface area is 155 Å². The summed E-state index contributed by atoms with van der Waals surface area (Å²) in [5.41, 5.74) is 4.68. The summed E-state index contributed by atoms with van der Waals surface area (Å²) in [5, 5.41) is 0.696. The van der Waals surface area contributed by atoms with E-state index in [1.165, 1.54) is 16.0 Å². The third kappa shape index (κ3) is 3.05. The topological polar surface area (TPSA) is 64.0 Å². The van der Waals surface area contributed by atoms with E-state index in [1.54, 1.807) is 11.3 Å². The molecule has 1 N–H and O–H groups in total. The average Bonchev–Trinajstić information content (AvgIpc) is 3.03. The van der Waals surface area contributed by atoms with E-state index in [-0.39, 0.29) is 17.9 Å². The molecule has 4 rings (SSSR count). The first-order valence-corrected chi connectivity index (χ1v) is 9.89. The summed E-state index contributed by atoms with van der Waals surface area (Å²) in [6.45, 7) is 1.95. The molecule has 5 nitrogen and oxygen atoms in total. The van der Waals surface area contributed by atoms with Gasteiger partial charge in [-0.15, -0.1) is 11.3 Å². The number of rotatable bonds is 4. The molecule has 0 saturated heterocycles. The summed E-state index contributed by atoms with van der Waals surface area (Å²) in [4.78, 5) is 32.4. The Kier molecular flexibility index (Phi) is 4.59. The number of aryl methyl sites for hydroxylation is 3. The van der Waals surface area contributed by atoms with Crippen LogP contribution in [-0.2, 0) is 30.5 Å². The van der Waals surface area contributed by atoms with Crippen molar-refractivity contribution in [3.05, 3.63) is 62.5 Å². The molecule has 1 aliphatic carbocycles. The molecule has 0 saturated carbocycles. The predicted molar refractivity (Wildman–Crippen MR) is 104 cm³/mol. The van der Waals surface area contributed by atoms with Crippen molar-refractivity contribution >= 4 is 27.5 Å². The van der Waals surface area contributed by atoms with E-state index in [0.717, 1.165) is 35.2 Å². The number of fused-ring (bicyclic) bond motifs is 3. The molecule has 0 unspecified atom stereocenters. The summed E-state index contributed by atoms with van der Waals surface area (Å²) < 4.78 is 1.36. The van der Waals surface area contributed by atoms with Crippen molar-refractivity contribution in [1.29, 1.82) is 0 Å². The lowest BCUT2D eigenvalue weighted by Gasteiger charge is -2.14. The van der Waals surface area contributed by atoms with Crippen LogP contribution in [0, 0.1) is 0 Å². The fourth-order valence-corrected chi connectivity index (χ4v) is 4.82. The van der Waals surface area contributed by atoms with Crippen molar-refractivity contribution in [3.63, 3.8) is 0 Å². The van der Waals surface area contributed by atoms with E-state index >= 15 is 0 Å². The minimum Gasteiger partial charge on any atom is -0.273 e. The van der Waals surface area contributed by atoms with E-state index in [4.69, 9.17) is 0 Å². The lowest BCUT2D eigenvalue weighted by Crippen LogP contribution is -2.37. The molecule has 2 aromatic heterocycles. The Bertz CT molecular complexity index is 1020. The van der Waals surface area contributed by atoms with Crippen molar-refractivity contribution in [2.45, 2.75) is 45.4 Å². The van der Waals surface area contributed by atoms with E-state index in [0.29, 0.717) is 17.6 Å². The van der Waals surface area contributed by atoms with Gasteiger partial charge in [-0.2, -0.15) is 0 Å². The maximum Gasteiger partial charge on any atom is 0.281 e.